The first-order chi connectivity index (χ1) is 8.91. The van der Waals surface area contributed by atoms with E-state index in [0.29, 0.717) is 0 Å². The van der Waals surface area contributed by atoms with Crippen LogP contribution in [-0.2, 0) is 6.54 Å². The van der Waals surface area contributed by atoms with E-state index >= 15 is 0 Å². The van der Waals surface area contributed by atoms with Crippen molar-refractivity contribution < 1.29 is 0 Å². The quantitative estimate of drug-likeness (QED) is 0.758. The fraction of sp³-hybridized carbons (Fsp3) is 0.667. The number of hydrogen-bond acceptors (Lipinski definition) is 1. The summed E-state index contributed by atoms with van der Waals surface area (Å²) in [6.07, 6.45) is 2.77. The van der Waals surface area contributed by atoms with E-state index in [1.165, 1.54) is 53.7 Å². The Morgan fingerprint density at radius 1 is 0.895 bits per heavy atom. The first-order valence-electron chi connectivity index (χ1n) is 7.70. The number of rotatable bonds is 2. The van der Waals surface area contributed by atoms with Gasteiger partial charge in [0.2, 0.25) is 0 Å². The Morgan fingerprint density at radius 2 is 1.42 bits per heavy atom. The summed E-state index contributed by atoms with van der Waals surface area (Å²) in [6, 6.07) is 0. The second-order valence-electron chi connectivity index (χ2n) is 6.59. The van der Waals surface area contributed by atoms with Gasteiger partial charge in [0.15, 0.2) is 0 Å². The highest BCUT2D eigenvalue weighted by molar-refractivity contribution is 5.49. The van der Waals surface area contributed by atoms with Crippen molar-refractivity contribution in [2.75, 3.05) is 13.1 Å². The van der Waals surface area contributed by atoms with Crippen LogP contribution in [0.1, 0.15) is 53.1 Å². The van der Waals surface area contributed by atoms with Gasteiger partial charge in [0.1, 0.15) is 0 Å². The van der Waals surface area contributed by atoms with Crippen molar-refractivity contribution in [3.8, 4) is 0 Å². The maximum Gasteiger partial charge on any atom is 0.0239 e. The predicted molar refractivity (Wildman–Crippen MR) is 83.8 cm³/mol. The molecular formula is C18H29N. The third-order valence-corrected chi connectivity index (χ3v) is 5.28. The summed E-state index contributed by atoms with van der Waals surface area (Å²) in [5.41, 5.74) is 9.06. The molecular weight excluding hydrogens is 230 g/mol. The van der Waals surface area contributed by atoms with E-state index in [9.17, 15) is 0 Å². The van der Waals surface area contributed by atoms with Crippen molar-refractivity contribution >= 4 is 0 Å². The van der Waals surface area contributed by atoms with Gasteiger partial charge in [-0.15, -0.1) is 0 Å². The molecule has 0 amide bonds. The molecule has 0 aromatic heterocycles. The SMILES string of the molecule is Cc1c(C)c(C)c(CN2CCCC(C)C2)c(C)c1C. The van der Waals surface area contributed by atoms with Crippen LogP contribution >= 0.6 is 0 Å². The summed E-state index contributed by atoms with van der Waals surface area (Å²) in [7, 11) is 0. The number of piperidine rings is 1. The van der Waals surface area contributed by atoms with Crippen molar-refractivity contribution in [1.82, 2.24) is 4.90 Å². The highest BCUT2D eigenvalue weighted by Crippen LogP contribution is 2.28. The average molecular weight is 259 g/mol. The second-order valence-corrected chi connectivity index (χ2v) is 6.59. The Morgan fingerprint density at radius 3 is 1.95 bits per heavy atom. The molecule has 1 nitrogen and oxygen atoms in total. The zero-order chi connectivity index (χ0) is 14.2. The van der Waals surface area contributed by atoms with Gasteiger partial charge in [-0.25, -0.2) is 0 Å². The topological polar surface area (TPSA) is 3.24 Å². The lowest BCUT2D eigenvalue weighted by molar-refractivity contribution is 0.176. The standard InChI is InChI=1S/C18H29N/c1-12-8-7-9-19(10-12)11-18-16(5)14(3)13(2)15(4)17(18)6/h12H,7-11H2,1-6H3. The van der Waals surface area contributed by atoms with Crippen LogP contribution in [0.25, 0.3) is 0 Å². The average Bonchev–Trinajstić information content (AvgIpc) is 2.39. The summed E-state index contributed by atoms with van der Waals surface area (Å²) < 4.78 is 0. The second kappa shape index (κ2) is 5.66. The van der Waals surface area contributed by atoms with Gasteiger partial charge in [-0.2, -0.15) is 0 Å². The molecule has 1 aliphatic heterocycles. The Balaban J connectivity index is 2.30. The van der Waals surface area contributed by atoms with E-state index in [-0.39, 0.29) is 0 Å². The number of hydrogen-bond donors (Lipinski definition) is 0. The summed E-state index contributed by atoms with van der Waals surface area (Å²) in [6.45, 7) is 17.5. The van der Waals surface area contributed by atoms with Crippen molar-refractivity contribution in [1.29, 1.82) is 0 Å². The molecule has 1 saturated heterocycles. The molecule has 1 aliphatic rings. The first-order valence-corrected chi connectivity index (χ1v) is 7.70. The van der Waals surface area contributed by atoms with Gasteiger partial charge in [-0.05, 0) is 93.3 Å². The number of likely N-dealkylation sites (tertiary alicyclic amines) is 1. The number of nitrogens with zero attached hydrogens (tertiary/aromatic N) is 1. The van der Waals surface area contributed by atoms with Gasteiger partial charge >= 0.3 is 0 Å². The van der Waals surface area contributed by atoms with Gasteiger partial charge in [0.05, 0.1) is 0 Å². The van der Waals surface area contributed by atoms with Gasteiger partial charge in [0.25, 0.3) is 0 Å². The Bertz CT molecular complexity index is 444. The van der Waals surface area contributed by atoms with Crippen molar-refractivity contribution in [3.63, 3.8) is 0 Å². The minimum absolute atomic E-state index is 0.863. The van der Waals surface area contributed by atoms with E-state index in [1.807, 2.05) is 0 Å². The highest BCUT2D eigenvalue weighted by atomic mass is 15.1. The molecule has 1 aromatic rings. The summed E-state index contributed by atoms with van der Waals surface area (Å²) in [5, 5.41) is 0. The molecule has 1 heteroatoms. The minimum atomic E-state index is 0.863. The normalized spacial score (nSPS) is 20.8. The van der Waals surface area contributed by atoms with Gasteiger partial charge in [-0.1, -0.05) is 6.92 Å². The zero-order valence-corrected chi connectivity index (χ0v) is 13.6. The third-order valence-electron chi connectivity index (χ3n) is 5.28. The molecule has 1 aromatic carbocycles. The lowest BCUT2D eigenvalue weighted by Crippen LogP contribution is -2.34. The lowest BCUT2D eigenvalue weighted by atomic mass is 9.89. The van der Waals surface area contributed by atoms with E-state index in [2.05, 4.69) is 46.4 Å². The van der Waals surface area contributed by atoms with Gasteiger partial charge in [-0.3, -0.25) is 4.90 Å². The van der Waals surface area contributed by atoms with Crippen LogP contribution < -0.4 is 0 Å². The van der Waals surface area contributed by atoms with Crippen molar-refractivity contribution in [2.45, 2.75) is 60.9 Å². The maximum atomic E-state index is 2.65. The van der Waals surface area contributed by atoms with Gasteiger partial charge in [0, 0.05) is 13.1 Å². The molecule has 106 valence electrons. The first kappa shape index (κ1) is 14.6. The van der Waals surface area contributed by atoms with E-state index in [1.54, 1.807) is 5.56 Å². The molecule has 0 spiro atoms. The van der Waals surface area contributed by atoms with Crippen LogP contribution in [0.5, 0.6) is 0 Å². The fourth-order valence-electron chi connectivity index (χ4n) is 3.47. The van der Waals surface area contributed by atoms with Crippen LogP contribution in [0.4, 0.5) is 0 Å². The molecule has 19 heavy (non-hydrogen) atoms. The molecule has 0 aliphatic carbocycles. The van der Waals surface area contributed by atoms with Crippen molar-refractivity contribution in [3.05, 3.63) is 33.4 Å². The number of benzene rings is 1. The third kappa shape index (κ3) is 2.86. The fourth-order valence-corrected chi connectivity index (χ4v) is 3.47. The van der Waals surface area contributed by atoms with E-state index < -0.39 is 0 Å². The maximum absolute atomic E-state index is 2.65. The Kier molecular flexibility index (Phi) is 4.35. The van der Waals surface area contributed by atoms with Crippen molar-refractivity contribution in [2.24, 2.45) is 5.92 Å². The summed E-state index contributed by atoms with van der Waals surface area (Å²) in [5.74, 6) is 0.863. The van der Waals surface area contributed by atoms with Crippen LogP contribution in [0.2, 0.25) is 0 Å². The molecule has 0 N–H and O–H groups in total. The molecule has 1 atom stereocenters. The predicted octanol–water partition coefficient (Wildman–Crippen LogP) is 4.46. The molecule has 0 radical (unpaired) electrons. The Labute approximate surface area is 119 Å². The van der Waals surface area contributed by atoms with Gasteiger partial charge < -0.3 is 0 Å². The summed E-state index contributed by atoms with van der Waals surface area (Å²) in [4.78, 5) is 2.65. The largest absolute Gasteiger partial charge is 0.299 e. The molecule has 2 rings (SSSR count). The minimum Gasteiger partial charge on any atom is -0.299 e. The van der Waals surface area contributed by atoms with Crippen LogP contribution in [0.15, 0.2) is 0 Å². The smallest absolute Gasteiger partial charge is 0.0239 e. The Hall–Kier alpha value is -0.820. The van der Waals surface area contributed by atoms with E-state index in [4.69, 9.17) is 0 Å². The molecule has 1 heterocycles. The molecule has 0 saturated carbocycles. The van der Waals surface area contributed by atoms with Crippen LogP contribution in [0, 0.1) is 40.5 Å². The lowest BCUT2D eigenvalue weighted by Gasteiger charge is -2.32. The highest BCUT2D eigenvalue weighted by Gasteiger charge is 2.19. The molecule has 1 unspecified atom stereocenters. The summed E-state index contributed by atoms with van der Waals surface area (Å²) >= 11 is 0. The monoisotopic (exact) mass is 259 g/mol. The molecule has 0 bridgehead atoms. The van der Waals surface area contributed by atoms with Crippen LogP contribution in [-0.4, -0.2) is 18.0 Å². The van der Waals surface area contributed by atoms with E-state index in [0.717, 1.165) is 12.5 Å². The zero-order valence-electron chi connectivity index (χ0n) is 13.6. The molecule has 1 fully saturated rings. The van der Waals surface area contributed by atoms with Crippen LogP contribution in [0.3, 0.4) is 0 Å².